The first-order valence-corrected chi connectivity index (χ1v) is 4.49. The van der Waals surface area contributed by atoms with E-state index in [1.807, 2.05) is 18.2 Å². The van der Waals surface area contributed by atoms with Crippen LogP contribution in [0.3, 0.4) is 0 Å². The number of hydrogen-bond donors (Lipinski definition) is 0. The molecule has 2 heteroatoms. The van der Waals surface area contributed by atoms with Gasteiger partial charge in [0.1, 0.15) is 12.5 Å². The Balaban J connectivity index is 2.16. The van der Waals surface area contributed by atoms with Crippen LogP contribution in [0.1, 0.15) is 34.7 Å². The molecule has 1 aromatic rings. The molecule has 1 aromatic carbocycles. The molecule has 0 heterocycles. The molecule has 0 spiro atoms. The lowest BCUT2D eigenvalue weighted by Gasteiger charge is -2.30. The first-order chi connectivity index (χ1) is 6.29. The zero-order chi connectivity index (χ0) is 9.26. The summed E-state index contributed by atoms with van der Waals surface area (Å²) in [7, 11) is 0. The molecule has 1 aliphatic rings. The van der Waals surface area contributed by atoms with E-state index >= 15 is 0 Å². The minimum Gasteiger partial charge on any atom is -0.298 e. The first kappa shape index (κ1) is 8.42. The van der Waals surface area contributed by atoms with Crippen LogP contribution < -0.4 is 0 Å². The van der Waals surface area contributed by atoms with Gasteiger partial charge in [-0.25, -0.2) is 4.39 Å². The summed E-state index contributed by atoms with van der Waals surface area (Å²) in [6.45, 7) is 0. The van der Waals surface area contributed by atoms with Crippen molar-refractivity contribution in [1.82, 2.24) is 0 Å². The number of rotatable bonds is 2. The minimum absolute atomic E-state index is 0.329. The standard InChI is InChI=1S/C11H11FO/c12-11-5-10(6-11)9-3-1-2-8(4-9)7-13/h1-4,7,10-11H,5-6H2. The highest BCUT2D eigenvalue weighted by Crippen LogP contribution is 2.38. The summed E-state index contributed by atoms with van der Waals surface area (Å²) in [5.41, 5.74) is 1.78. The normalized spacial score (nSPS) is 26.5. The first-order valence-electron chi connectivity index (χ1n) is 4.49. The average molecular weight is 178 g/mol. The van der Waals surface area contributed by atoms with Crippen LogP contribution in [-0.2, 0) is 0 Å². The van der Waals surface area contributed by atoms with Gasteiger partial charge < -0.3 is 0 Å². The van der Waals surface area contributed by atoms with Crippen molar-refractivity contribution in [2.24, 2.45) is 0 Å². The molecule has 68 valence electrons. The molecule has 0 saturated heterocycles. The summed E-state index contributed by atoms with van der Waals surface area (Å²) in [6.07, 6.45) is 1.42. The molecular formula is C11H11FO. The number of carbonyl (C=O) groups excluding carboxylic acids is 1. The maximum absolute atomic E-state index is 12.6. The predicted molar refractivity (Wildman–Crippen MR) is 48.7 cm³/mol. The van der Waals surface area contributed by atoms with Gasteiger partial charge in [0.25, 0.3) is 0 Å². The van der Waals surface area contributed by atoms with Gasteiger partial charge in [-0.2, -0.15) is 0 Å². The van der Waals surface area contributed by atoms with Crippen molar-refractivity contribution in [2.45, 2.75) is 24.9 Å². The van der Waals surface area contributed by atoms with Gasteiger partial charge in [-0.3, -0.25) is 4.79 Å². The summed E-state index contributed by atoms with van der Waals surface area (Å²) in [6, 6.07) is 7.43. The van der Waals surface area contributed by atoms with E-state index < -0.39 is 6.17 Å². The van der Waals surface area contributed by atoms with Crippen LogP contribution in [0.15, 0.2) is 24.3 Å². The average Bonchev–Trinajstić information content (AvgIpc) is 2.13. The number of alkyl halides is 1. The van der Waals surface area contributed by atoms with Crippen LogP contribution in [0.5, 0.6) is 0 Å². The zero-order valence-electron chi connectivity index (χ0n) is 7.24. The van der Waals surface area contributed by atoms with E-state index in [1.54, 1.807) is 6.07 Å². The highest BCUT2D eigenvalue weighted by molar-refractivity contribution is 5.75. The number of carbonyl (C=O) groups is 1. The van der Waals surface area contributed by atoms with E-state index in [-0.39, 0.29) is 0 Å². The summed E-state index contributed by atoms with van der Waals surface area (Å²) in [4.78, 5) is 10.5. The molecular weight excluding hydrogens is 167 g/mol. The zero-order valence-corrected chi connectivity index (χ0v) is 7.24. The number of benzene rings is 1. The molecule has 0 atom stereocenters. The monoisotopic (exact) mass is 178 g/mol. The molecule has 1 aliphatic carbocycles. The number of hydrogen-bond acceptors (Lipinski definition) is 1. The van der Waals surface area contributed by atoms with Gasteiger partial charge in [-0.15, -0.1) is 0 Å². The summed E-state index contributed by atoms with van der Waals surface area (Å²) in [5.74, 6) is 0.329. The molecule has 13 heavy (non-hydrogen) atoms. The van der Waals surface area contributed by atoms with Gasteiger partial charge >= 0.3 is 0 Å². The van der Waals surface area contributed by atoms with Crippen LogP contribution in [0.25, 0.3) is 0 Å². The van der Waals surface area contributed by atoms with Crippen LogP contribution in [0.2, 0.25) is 0 Å². The molecule has 0 N–H and O–H groups in total. The Morgan fingerprint density at radius 2 is 2.15 bits per heavy atom. The second-order valence-corrected chi connectivity index (χ2v) is 3.55. The smallest absolute Gasteiger partial charge is 0.150 e. The van der Waals surface area contributed by atoms with Gasteiger partial charge in [-0.05, 0) is 30.4 Å². The van der Waals surface area contributed by atoms with E-state index in [4.69, 9.17) is 0 Å². The summed E-state index contributed by atoms with van der Waals surface area (Å²) < 4.78 is 12.6. The molecule has 1 nitrogen and oxygen atoms in total. The highest BCUT2D eigenvalue weighted by atomic mass is 19.1. The van der Waals surface area contributed by atoms with E-state index in [9.17, 15) is 9.18 Å². The fraction of sp³-hybridized carbons (Fsp3) is 0.364. The number of halogens is 1. The van der Waals surface area contributed by atoms with Crippen molar-refractivity contribution in [1.29, 1.82) is 0 Å². The van der Waals surface area contributed by atoms with Crippen LogP contribution in [-0.4, -0.2) is 12.5 Å². The van der Waals surface area contributed by atoms with Gasteiger partial charge in [0.2, 0.25) is 0 Å². The molecule has 1 fully saturated rings. The Kier molecular flexibility index (Phi) is 2.13. The van der Waals surface area contributed by atoms with E-state index in [0.29, 0.717) is 24.3 Å². The van der Waals surface area contributed by atoms with Crippen LogP contribution in [0, 0.1) is 0 Å². The van der Waals surface area contributed by atoms with Crippen molar-refractivity contribution in [3.05, 3.63) is 35.4 Å². The fourth-order valence-corrected chi connectivity index (χ4v) is 1.71. The van der Waals surface area contributed by atoms with E-state index in [1.165, 1.54) is 0 Å². The molecule has 0 radical (unpaired) electrons. The SMILES string of the molecule is O=Cc1cccc(C2CC(F)C2)c1. The van der Waals surface area contributed by atoms with Gasteiger partial charge in [0, 0.05) is 5.56 Å². The maximum Gasteiger partial charge on any atom is 0.150 e. The van der Waals surface area contributed by atoms with E-state index in [0.717, 1.165) is 11.8 Å². The fourth-order valence-electron chi connectivity index (χ4n) is 1.71. The van der Waals surface area contributed by atoms with Gasteiger partial charge in [-0.1, -0.05) is 18.2 Å². The largest absolute Gasteiger partial charge is 0.298 e. The second-order valence-electron chi connectivity index (χ2n) is 3.55. The minimum atomic E-state index is -0.634. The molecule has 1 saturated carbocycles. The highest BCUT2D eigenvalue weighted by Gasteiger charge is 2.29. The van der Waals surface area contributed by atoms with Crippen LogP contribution >= 0.6 is 0 Å². The molecule has 0 aliphatic heterocycles. The Labute approximate surface area is 76.6 Å². The Morgan fingerprint density at radius 3 is 2.77 bits per heavy atom. The van der Waals surface area contributed by atoms with Gasteiger partial charge in [0.05, 0.1) is 0 Å². The lowest BCUT2D eigenvalue weighted by atomic mass is 9.78. The van der Waals surface area contributed by atoms with E-state index in [2.05, 4.69) is 0 Å². The second kappa shape index (κ2) is 3.29. The van der Waals surface area contributed by atoms with Crippen LogP contribution in [0.4, 0.5) is 4.39 Å². The summed E-state index contributed by atoms with van der Waals surface area (Å²) >= 11 is 0. The maximum atomic E-state index is 12.6. The van der Waals surface area contributed by atoms with Crippen molar-refractivity contribution >= 4 is 6.29 Å². The quantitative estimate of drug-likeness (QED) is 0.636. The lowest BCUT2D eigenvalue weighted by Crippen LogP contribution is -2.22. The number of aldehydes is 1. The van der Waals surface area contributed by atoms with Crippen molar-refractivity contribution < 1.29 is 9.18 Å². The molecule has 0 aromatic heterocycles. The Hall–Kier alpha value is -1.18. The Bertz CT molecular complexity index is 316. The predicted octanol–water partition coefficient (Wildman–Crippen LogP) is 2.71. The lowest BCUT2D eigenvalue weighted by molar-refractivity contribution is 0.112. The van der Waals surface area contributed by atoms with Gasteiger partial charge in [0.15, 0.2) is 0 Å². The molecule has 0 bridgehead atoms. The third-order valence-corrected chi connectivity index (χ3v) is 2.60. The Morgan fingerprint density at radius 1 is 1.38 bits per heavy atom. The third kappa shape index (κ3) is 1.62. The van der Waals surface area contributed by atoms with Crippen molar-refractivity contribution in [3.8, 4) is 0 Å². The van der Waals surface area contributed by atoms with Crippen molar-refractivity contribution in [3.63, 3.8) is 0 Å². The topological polar surface area (TPSA) is 17.1 Å². The molecule has 2 rings (SSSR count). The third-order valence-electron chi connectivity index (χ3n) is 2.60. The summed E-state index contributed by atoms with van der Waals surface area (Å²) in [5, 5.41) is 0. The molecule has 0 amide bonds. The van der Waals surface area contributed by atoms with Crippen molar-refractivity contribution in [2.75, 3.05) is 0 Å². The molecule has 0 unspecified atom stereocenters.